The Hall–Kier alpha value is -2.36. The van der Waals surface area contributed by atoms with Crippen molar-refractivity contribution in [1.82, 2.24) is 0 Å². The average molecular weight is 326 g/mol. The lowest BCUT2D eigenvalue weighted by atomic mass is 9.79. The molecule has 0 atom stereocenters. The lowest BCUT2D eigenvalue weighted by Gasteiger charge is -2.27. The van der Waals surface area contributed by atoms with Crippen LogP contribution in [-0.2, 0) is 10.8 Å². The van der Waals surface area contributed by atoms with Crippen LogP contribution in [0.4, 0.5) is 5.69 Å². The normalized spacial score (nSPS) is 14.8. The third-order valence-electron chi connectivity index (χ3n) is 3.89. The first-order valence-electron chi connectivity index (χ1n) is 8.08. The summed E-state index contributed by atoms with van der Waals surface area (Å²) in [5.41, 5.74) is 2.42. The number of nitrogens with zero attached hydrogens (tertiary/aromatic N) is 2. The molecule has 128 valence electrons. The molecule has 1 aromatic carbocycles. The Kier molecular flexibility index (Phi) is 4.70. The molecule has 0 aliphatic heterocycles. The summed E-state index contributed by atoms with van der Waals surface area (Å²) >= 11 is 0. The molecule has 0 amide bonds. The number of hydrogen-bond acceptors (Lipinski definition) is 4. The molecule has 1 aromatic rings. The Balaban J connectivity index is 2.53. The summed E-state index contributed by atoms with van der Waals surface area (Å²) in [4.78, 5) is 0. The van der Waals surface area contributed by atoms with E-state index in [1.807, 2.05) is 65.8 Å². The number of benzene rings is 1. The minimum Gasteiger partial charge on any atom is -0.507 e. The molecular formula is C20H26N2O2. The minimum absolute atomic E-state index is 0.123. The summed E-state index contributed by atoms with van der Waals surface area (Å²) < 4.78 is 0. The molecule has 0 heterocycles. The van der Waals surface area contributed by atoms with E-state index in [9.17, 15) is 10.2 Å². The minimum atomic E-state index is -0.229. The number of aliphatic hydroxyl groups is 1. The first-order chi connectivity index (χ1) is 11.0. The molecule has 1 aliphatic carbocycles. The van der Waals surface area contributed by atoms with Crippen LogP contribution in [0.25, 0.3) is 0 Å². The number of phenols is 1. The van der Waals surface area contributed by atoms with Crippen molar-refractivity contribution in [3.05, 3.63) is 59.0 Å². The Labute approximate surface area is 144 Å². The van der Waals surface area contributed by atoms with Crippen molar-refractivity contribution in [2.24, 2.45) is 10.2 Å². The van der Waals surface area contributed by atoms with Gasteiger partial charge in [0.25, 0.3) is 0 Å². The van der Waals surface area contributed by atoms with E-state index < -0.39 is 0 Å². The predicted octanol–water partition coefficient (Wildman–Crippen LogP) is 5.97. The summed E-state index contributed by atoms with van der Waals surface area (Å²) in [5.74, 6) is 0.181. The number of hydrogen-bond donors (Lipinski definition) is 2. The summed E-state index contributed by atoms with van der Waals surface area (Å²) in [5, 5.41) is 28.8. The zero-order valence-electron chi connectivity index (χ0n) is 15.3. The first-order valence-corrected chi connectivity index (χ1v) is 8.08. The van der Waals surface area contributed by atoms with Gasteiger partial charge < -0.3 is 10.2 Å². The maximum atomic E-state index is 10.7. The van der Waals surface area contributed by atoms with Crippen molar-refractivity contribution < 1.29 is 10.2 Å². The lowest BCUT2D eigenvalue weighted by Crippen LogP contribution is -2.16. The molecule has 0 saturated carbocycles. The molecule has 0 spiro atoms. The van der Waals surface area contributed by atoms with Gasteiger partial charge in [0.15, 0.2) is 0 Å². The lowest BCUT2D eigenvalue weighted by molar-refractivity contribution is 0.396. The van der Waals surface area contributed by atoms with Crippen LogP contribution in [0.2, 0.25) is 0 Å². The van der Waals surface area contributed by atoms with Gasteiger partial charge in [-0.2, -0.15) is 0 Å². The van der Waals surface area contributed by atoms with Crippen LogP contribution in [0.1, 0.15) is 52.7 Å². The van der Waals surface area contributed by atoms with Crippen molar-refractivity contribution in [1.29, 1.82) is 0 Å². The van der Waals surface area contributed by atoms with Crippen LogP contribution in [0, 0.1) is 0 Å². The standard InChI is InChI=1S/C20H26N2O2/c1-19(2,3)15-11-14(12-16(17(15)23)20(4,5)6)21-22-18(24)13-9-7-8-10-13/h7-12,23-24H,1-6H3. The molecule has 4 nitrogen and oxygen atoms in total. The van der Waals surface area contributed by atoms with Gasteiger partial charge in [-0.05, 0) is 35.1 Å². The van der Waals surface area contributed by atoms with E-state index in [0.717, 1.165) is 11.1 Å². The summed E-state index contributed by atoms with van der Waals surface area (Å²) in [6.07, 6.45) is 7.20. The summed E-state index contributed by atoms with van der Waals surface area (Å²) in [6.45, 7) is 12.3. The highest BCUT2D eigenvalue weighted by molar-refractivity contribution is 5.56. The fourth-order valence-corrected chi connectivity index (χ4v) is 2.51. The zero-order chi connectivity index (χ0) is 18.1. The van der Waals surface area contributed by atoms with Gasteiger partial charge in [-0.15, -0.1) is 10.2 Å². The SMILES string of the molecule is CC(C)(C)c1cc(N=NC(O)=C2C=CC=C2)cc(C(C)(C)C)c1O. The molecule has 0 bridgehead atoms. The van der Waals surface area contributed by atoms with Crippen LogP contribution < -0.4 is 0 Å². The maximum Gasteiger partial charge on any atom is 0.238 e. The van der Waals surface area contributed by atoms with E-state index in [1.165, 1.54) is 0 Å². The number of aliphatic hydroxyl groups excluding tert-OH is 1. The van der Waals surface area contributed by atoms with Crippen LogP contribution in [0.5, 0.6) is 5.75 Å². The largest absolute Gasteiger partial charge is 0.507 e. The fraction of sp³-hybridized carbons (Fsp3) is 0.400. The van der Waals surface area contributed by atoms with Gasteiger partial charge in [0, 0.05) is 16.7 Å². The molecule has 24 heavy (non-hydrogen) atoms. The molecule has 4 heteroatoms. The van der Waals surface area contributed by atoms with Gasteiger partial charge in [-0.1, -0.05) is 53.7 Å². The third kappa shape index (κ3) is 3.94. The first kappa shape index (κ1) is 18.0. The van der Waals surface area contributed by atoms with Crippen molar-refractivity contribution in [2.45, 2.75) is 52.4 Å². The molecule has 2 N–H and O–H groups in total. The Morgan fingerprint density at radius 3 is 1.75 bits per heavy atom. The van der Waals surface area contributed by atoms with E-state index in [2.05, 4.69) is 10.2 Å². The number of allylic oxidation sites excluding steroid dienone is 5. The topological polar surface area (TPSA) is 65.2 Å². The Morgan fingerprint density at radius 2 is 1.33 bits per heavy atom. The van der Waals surface area contributed by atoms with Gasteiger partial charge in [0.05, 0.1) is 5.69 Å². The third-order valence-corrected chi connectivity index (χ3v) is 3.89. The van der Waals surface area contributed by atoms with Gasteiger partial charge in [0.2, 0.25) is 5.88 Å². The Morgan fingerprint density at radius 1 is 0.875 bits per heavy atom. The second-order valence-electron chi connectivity index (χ2n) is 8.09. The van der Waals surface area contributed by atoms with Crippen molar-refractivity contribution in [3.8, 4) is 5.75 Å². The molecule has 0 radical (unpaired) electrons. The smallest absolute Gasteiger partial charge is 0.238 e. The molecule has 2 rings (SSSR count). The van der Waals surface area contributed by atoms with Crippen LogP contribution in [-0.4, -0.2) is 10.2 Å². The Bertz CT molecular complexity index is 706. The average Bonchev–Trinajstić information content (AvgIpc) is 2.97. The zero-order valence-corrected chi connectivity index (χ0v) is 15.3. The van der Waals surface area contributed by atoms with E-state index in [1.54, 1.807) is 12.2 Å². The van der Waals surface area contributed by atoms with Crippen LogP contribution in [0.15, 0.2) is 58.1 Å². The molecule has 0 saturated heterocycles. The molecule has 1 aliphatic rings. The van der Waals surface area contributed by atoms with Gasteiger partial charge in [-0.25, -0.2) is 0 Å². The number of rotatable bonds is 2. The monoisotopic (exact) mass is 326 g/mol. The highest BCUT2D eigenvalue weighted by atomic mass is 16.3. The summed E-state index contributed by atoms with van der Waals surface area (Å²) in [6, 6.07) is 3.65. The van der Waals surface area contributed by atoms with Gasteiger partial charge in [0.1, 0.15) is 5.75 Å². The molecule has 0 unspecified atom stereocenters. The van der Waals surface area contributed by atoms with Crippen LogP contribution in [0.3, 0.4) is 0 Å². The van der Waals surface area contributed by atoms with Crippen molar-refractivity contribution in [3.63, 3.8) is 0 Å². The van der Waals surface area contributed by atoms with Crippen LogP contribution >= 0.6 is 0 Å². The number of phenolic OH excluding ortho intramolecular Hbond substituents is 1. The number of azo groups is 1. The molecule has 0 aromatic heterocycles. The highest BCUT2D eigenvalue weighted by Gasteiger charge is 2.26. The molecular weight excluding hydrogens is 300 g/mol. The van der Waals surface area contributed by atoms with E-state index in [-0.39, 0.29) is 16.7 Å². The fourth-order valence-electron chi connectivity index (χ4n) is 2.51. The van der Waals surface area contributed by atoms with E-state index in [4.69, 9.17) is 0 Å². The number of aromatic hydroxyl groups is 1. The second kappa shape index (κ2) is 6.27. The van der Waals surface area contributed by atoms with E-state index >= 15 is 0 Å². The van der Waals surface area contributed by atoms with Crippen molar-refractivity contribution >= 4 is 5.69 Å². The van der Waals surface area contributed by atoms with E-state index in [0.29, 0.717) is 17.0 Å². The molecule has 0 fully saturated rings. The summed E-state index contributed by atoms with van der Waals surface area (Å²) in [7, 11) is 0. The van der Waals surface area contributed by atoms with Gasteiger partial charge >= 0.3 is 0 Å². The highest BCUT2D eigenvalue weighted by Crippen LogP contribution is 2.41. The predicted molar refractivity (Wildman–Crippen MR) is 98.0 cm³/mol. The van der Waals surface area contributed by atoms with Crippen molar-refractivity contribution in [2.75, 3.05) is 0 Å². The quantitative estimate of drug-likeness (QED) is 0.519. The van der Waals surface area contributed by atoms with Gasteiger partial charge in [-0.3, -0.25) is 0 Å². The second-order valence-corrected chi connectivity index (χ2v) is 8.09. The maximum absolute atomic E-state index is 10.7.